The van der Waals surface area contributed by atoms with Crippen molar-refractivity contribution in [2.24, 2.45) is 11.3 Å². The molecule has 1 aliphatic heterocycles. The van der Waals surface area contributed by atoms with E-state index in [1.54, 1.807) is 0 Å². The zero-order valence-electron chi connectivity index (χ0n) is 16.6. The van der Waals surface area contributed by atoms with Crippen molar-refractivity contribution in [3.63, 3.8) is 0 Å². The molecule has 27 heavy (non-hydrogen) atoms. The Morgan fingerprint density at radius 3 is 2.33 bits per heavy atom. The van der Waals surface area contributed by atoms with Crippen molar-refractivity contribution >= 4 is 5.91 Å². The first-order valence-corrected chi connectivity index (χ1v) is 9.77. The SMILES string of the molecule is CC(C)(C)C(=O)NC(c1ccccn1)C1CCN(Cc2ccccn2)CC1. The minimum Gasteiger partial charge on any atom is -0.347 e. The van der Waals surface area contributed by atoms with Crippen LogP contribution in [0.1, 0.15) is 51.0 Å². The molecule has 2 aromatic rings. The second kappa shape index (κ2) is 8.61. The molecule has 0 spiro atoms. The van der Waals surface area contributed by atoms with Crippen LogP contribution in [0.4, 0.5) is 0 Å². The molecule has 5 nitrogen and oxygen atoms in total. The van der Waals surface area contributed by atoms with Crippen molar-refractivity contribution in [2.45, 2.75) is 46.2 Å². The first-order valence-electron chi connectivity index (χ1n) is 9.77. The van der Waals surface area contributed by atoms with E-state index in [-0.39, 0.29) is 11.9 Å². The number of carbonyl (C=O) groups excluding carboxylic acids is 1. The summed E-state index contributed by atoms with van der Waals surface area (Å²) in [5.41, 5.74) is 1.66. The standard InChI is InChI=1S/C22H30N4O/c1-22(2,3)21(27)25-20(19-9-5-7-13-24-19)17-10-14-26(15-11-17)16-18-8-4-6-12-23-18/h4-9,12-13,17,20H,10-11,14-16H2,1-3H3,(H,25,27). The molecule has 1 aliphatic rings. The molecular weight excluding hydrogens is 336 g/mol. The van der Waals surface area contributed by atoms with E-state index in [1.165, 1.54) is 0 Å². The van der Waals surface area contributed by atoms with Gasteiger partial charge in [-0.25, -0.2) is 0 Å². The van der Waals surface area contributed by atoms with Gasteiger partial charge in [0.15, 0.2) is 0 Å². The third-order valence-electron chi connectivity index (χ3n) is 5.19. The maximum absolute atomic E-state index is 12.6. The molecule has 1 atom stereocenters. The van der Waals surface area contributed by atoms with E-state index in [9.17, 15) is 4.79 Å². The minimum atomic E-state index is -0.410. The van der Waals surface area contributed by atoms with Gasteiger partial charge < -0.3 is 5.32 Å². The van der Waals surface area contributed by atoms with Gasteiger partial charge in [-0.05, 0) is 56.1 Å². The predicted molar refractivity (Wildman–Crippen MR) is 107 cm³/mol. The van der Waals surface area contributed by atoms with E-state index in [0.29, 0.717) is 5.92 Å². The number of likely N-dealkylation sites (tertiary alicyclic amines) is 1. The number of amides is 1. The lowest BCUT2D eigenvalue weighted by Crippen LogP contribution is -2.44. The summed E-state index contributed by atoms with van der Waals surface area (Å²) in [6, 6.07) is 12.0. The van der Waals surface area contributed by atoms with Crippen LogP contribution in [-0.4, -0.2) is 33.9 Å². The zero-order valence-corrected chi connectivity index (χ0v) is 16.6. The fourth-order valence-electron chi connectivity index (χ4n) is 3.52. The largest absolute Gasteiger partial charge is 0.347 e. The van der Waals surface area contributed by atoms with Crippen LogP contribution in [0, 0.1) is 11.3 Å². The van der Waals surface area contributed by atoms with Gasteiger partial charge in [-0.2, -0.15) is 0 Å². The van der Waals surface area contributed by atoms with Crippen LogP contribution < -0.4 is 5.32 Å². The molecule has 1 amide bonds. The molecule has 144 valence electrons. The van der Waals surface area contributed by atoms with Crippen LogP contribution in [-0.2, 0) is 11.3 Å². The number of nitrogens with one attached hydrogen (secondary N) is 1. The second-order valence-electron chi connectivity index (χ2n) is 8.39. The Balaban J connectivity index is 1.66. The number of carbonyl (C=O) groups is 1. The Bertz CT molecular complexity index is 719. The number of hydrogen-bond acceptors (Lipinski definition) is 4. The molecule has 1 saturated heterocycles. The van der Waals surface area contributed by atoms with Gasteiger partial charge in [0, 0.05) is 24.4 Å². The van der Waals surface area contributed by atoms with Crippen LogP contribution in [0.2, 0.25) is 0 Å². The first-order chi connectivity index (χ1) is 12.9. The van der Waals surface area contributed by atoms with Crippen molar-refractivity contribution in [1.29, 1.82) is 0 Å². The Morgan fingerprint density at radius 1 is 1.11 bits per heavy atom. The van der Waals surface area contributed by atoms with Crippen LogP contribution in [0.25, 0.3) is 0 Å². The van der Waals surface area contributed by atoms with Crippen molar-refractivity contribution in [3.8, 4) is 0 Å². The van der Waals surface area contributed by atoms with Gasteiger partial charge in [0.1, 0.15) is 0 Å². The Morgan fingerprint density at radius 2 is 1.78 bits per heavy atom. The van der Waals surface area contributed by atoms with Gasteiger partial charge in [0.25, 0.3) is 0 Å². The van der Waals surface area contributed by atoms with Crippen LogP contribution >= 0.6 is 0 Å². The van der Waals surface area contributed by atoms with Crippen molar-refractivity contribution in [3.05, 3.63) is 60.2 Å². The van der Waals surface area contributed by atoms with E-state index in [0.717, 1.165) is 43.9 Å². The Labute approximate surface area is 162 Å². The molecule has 1 fully saturated rings. The fourth-order valence-corrected chi connectivity index (χ4v) is 3.52. The van der Waals surface area contributed by atoms with Gasteiger partial charge in [-0.3, -0.25) is 19.7 Å². The van der Waals surface area contributed by atoms with E-state index >= 15 is 0 Å². The molecule has 1 unspecified atom stereocenters. The highest BCUT2D eigenvalue weighted by Crippen LogP contribution is 2.31. The molecule has 2 aromatic heterocycles. The van der Waals surface area contributed by atoms with E-state index in [4.69, 9.17) is 0 Å². The van der Waals surface area contributed by atoms with Crippen molar-refractivity contribution < 1.29 is 4.79 Å². The molecule has 3 rings (SSSR count). The summed E-state index contributed by atoms with van der Waals surface area (Å²) in [5, 5.41) is 3.28. The number of aromatic nitrogens is 2. The maximum atomic E-state index is 12.6. The second-order valence-corrected chi connectivity index (χ2v) is 8.39. The Kier molecular flexibility index (Phi) is 6.22. The van der Waals surface area contributed by atoms with E-state index in [1.807, 2.05) is 63.5 Å². The highest BCUT2D eigenvalue weighted by Gasteiger charge is 2.32. The molecule has 5 heteroatoms. The quantitative estimate of drug-likeness (QED) is 0.878. The van der Waals surface area contributed by atoms with Crippen molar-refractivity contribution in [2.75, 3.05) is 13.1 Å². The molecule has 1 N–H and O–H groups in total. The fraction of sp³-hybridized carbons (Fsp3) is 0.500. The summed E-state index contributed by atoms with van der Waals surface area (Å²) in [6.07, 6.45) is 5.74. The zero-order chi connectivity index (χ0) is 19.3. The summed E-state index contributed by atoms with van der Waals surface area (Å²) >= 11 is 0. The topological polar surface area (TPSA) is 58.1 Å². The maximum Gasteiger partial charge on any atom is 0.225 e. The summed E-state index contributed by atoms with van der Waals surface area (Å²) < 4.78 is 0. The molecule has 0 aliphatic carbocycles. The minimum absolute atomic E-state index is 0.0325. The van der Waals surface area contributed by atoms with E-state index in [2.05, 4.69) is 26.3 Å². The first kappa shape index (κ1) is 19.5. The van der Waals surface area contributed by atoms with Crippen molar-refractivity contribution in [1.82, 2.24) is 20.2 Å². The predicted octanol–water partition coefficient (Wildman–Crippen LogP) is 3.59. The molecule has 0 bridgehead atoms. The lowest BCUT2D eigenvalue weighted by atomic mass is 9.86. The van der Waals surface area contributed by atoms with Gasteiger partial charge >= 0.3 is 0 Å². The van der Waals surface area contributed by atoms with Crippen LogP contribution in [0.5, 0.6) is 0 Å². The molecule has 0 radical (unpaired) electrons. The summed E-state index contributed by atoms with van der Waals surface area (Å²) in [4.78, 5) is 24.1. The number of hydrogen-bond donors (Lipinski definition) is 1. The average Bonchev–Trinajstić information content (AvgIpc) is 2.67. The normalized spacial score (nSPS) is 17.4. The number of rotatable bonds is 5. The monoisotopic (exact) mass is 366 g/mol. The molecule has 0 aromatic carbocycles. The third-order valence-corrected chi connectivity index (χ3v) is 5.19. The van der Waals surface area contributed by atoms with Gasteiger partial charge in [0.05, 0.1) is 17.4 Å². The van der Waals surface area contributed by atoms with Crippen LogP contribution in [0.3, 0.4) is 0 Å². The third kappa shape index (κ3) is 5.36. The number of piperidine rings is 1. The highest BCUT2D eigenvalue weighted by molar-refractivity contribution is 5.81. The smallest absolute Gasteiger partial charge is 0.225 e. The van der Waals surface area contributed by atoms with E-state index < -0.39 is 5.41 Å². The van der Waals surface area contributed by atoms with Gasteiger partial charge in [0.2, 0.25) is 5.91 Å². The Hall–Kier alpha value is -2.27. The summed E-state index contributed by atoms with van der Waals surface area (Å²) in [7, 11) is 0. The molecule has 0 saturated carbocycles. The lowest BCUT2D eigenvalue weighted by molar-refractivity contribution is -0.129. The van der Waals surface area contributed by atoms with Crippen LogP contribution in [0.15, 0.2) is 48.8 Å². The molecular formula is C22H30N4O. The highest BCUT2D eigenvalue weighted by atomic mass is 16.2. The number of nitrogens with zero attached hydrogens (tertiary/aromatic N) is 3. The van der Waals surface area contributed by atoms with Gasteiger partial charge in [-0.1, -0.05) is 32.9 Å². The molecule has 3 heterocycles. The number of pyridine rings is 2. The summed E-state index contributed by atoms with van der Waals surface area (Å²) in [6.45, 7) is 8.76. The average molecular weight is 367 g/mol. The van der Waals surface area contributed by atoms with Gasteiger partial charge in [-0.15, -0.1) is 0 Å². The lowest BCUT2D eigenvalue weighted by Gasteiger charge is -2.37. The summed E-state index contributed by atoms with van der Waals surface area (Å²) in [5.74, 6) is 0.472.